The Morgan fingerprint density at radius 1 is 1.38 bits per heavy atom. The Balaban J connectivity index is 1.89. The van der Waals surface area contributed by atoms with Gasteiger partial charge in [-0.2, -0.15) is 0 Å². The van der Waals surface area contributed by atoms with Crippen molar-refractivity contribution in [3.8, 4) is 0 Å². The Morgan fingerprint density at radius 3 is 2.56 bits per heavy atom. The fourth-order valence-electron chi connectivity index (χ4n) is 2.42. The molecule has 1 fully saturated rings. The minimum Gasteiger partial charge on any atom is -0.361 e. The summed E-state index contributed by atoms with van der Waals surface area (Å²) in [6.45, 7) is 9.56. The van der Waals surface area contributed by atoms with E-state index in [1.807, 2.05) is 13.8 Å². The van der Waals surface area contributed by atoms with Gasteiger partial charge in [0.05, 0.1) is 5.69 Å². The van der Waals surface area contributed by atoms with Crippen LogP contribution in [-0.2, 0) is 0 Å². The zero-order valence-electron chi connectivity index (χ0n) is 10.7. The maximum Gasteiger partial charge on any atom is 0.137 e. The van der Waals surface area contributed by atoms with Gasteiger partial charge in [0.25, 0.3) is 0 Å². The molecular weight excluding hydrogens is 200 g/mol. The van der Waals surface area contributed by atoms with Gasteiger partial charge in [0.1, 0.15) is 5.76 Å². The smallest absolute Gasteiger partial charge is 0.137 e. The zero-order valence-corrected chi connectivity index (χ0v) is 10.7. The largest absolute Gasteiger partial charge is 0.361 e. The fourth-order valence-corrected chi connectivity index (χ4v) is 2.42. The summed E-state index contributed by atoms with van der Waals surface area (Å²) >= 11 is 0. The normalized spacial score (nSPS) is 19.8. The second kappa shape index (κ2) is 4.58. The molecule has 0 aliphatic heterocycles. The van der Waals surface area contributed by atoms with Gasteiger partial charge in [-0.15, -0.1) is 0 Å². The first-order chi connectivity index (χ1) is 7.59. The van der Waals surface area contributed by atoms with Crippen LogP contribution < -0.4 is 5.32 Å². The van der Waals surface area contributed by atoms with Gasteiger partial charge in [0.15, 0.2) is 0 Å². The standard InChI is InChI=1S/C13H22N2O/c1-8(7-14-9(2)12-5-6-12)13-10(3)15-16-11(13)4/h8-9,12,14H,5-7H2,1-4H3. The van der Waals surface area contributed by atoms with E-state index in [0.29, 0.717) is 12.0 Å². The van der Waals surface area contributed by atoms with Crippen molar-refractivity contribution in [2.75, 3.05) is 6.54 Å². The predicted molar refractivity (Wildman–Crippen MR) is 64.6 cm³/mol. The van der Waals surface area contributed by atoms with Crippen molar-refractivity contribution >= 4 is 0 Å². The van der Waals surface area contributed by atoms with Crippen molar-refractivity contribution < 1.29 is 4.52 Å². The highest BCUT2D eigenvalue weighted by molar-refractivity contribution is 5.25. The number of nitrogens with zero attached hydrogens (tertiary/aromatic N) is 1. The molecule has 3 heteroatoms. The van der Waals surface area contributed by atoms with Crippen molar-refractivity contribution in [1.29, 1.82) is 0 Å². The number of hydrogen-bond donors (Lipinski definition) is 1. The Hall–Kier alpha value is -0.830. The Morgan fingerprint density at radius 2 is 2.06 bits per heavy atom. The summed E-state index contributed by atoms with van der Waals surface area (Å²) in [4.78, 5) is 0. The second-order valence-corrected chi connectivity index (χ2v) is 5.17. The molecule has 0 bridgehead atoms. The molecule has 0 radical (unpaired) electrons. The molecule has 3 nitrogen and oxygen atoms in total. The molecule has 2 unspecified atom stereocenters. The maximum atomic E-state index is 5.21. The molecule has 1 saturated carbocycles. The molecular formula is C13H22N2O. The number of nitrogens with one attached hydrogen (secondary N) is 1. The van der Waals surface area contributed by atoms with E-state index in [9.17, 15) is 0 Å². The minimum absolute atomic E-state index is 0.479. The van der Waals surface area contributed by atoms with Crippen molar-refractivity contribution in [3.05, 3.63) is 17.0 Å². The van der Waals surface area contributed by atoms with Crippen LogP contribution in [0.3, 0.4) is 0 Å². The number of aryl methyl sites for hydroxylation is 2. The van der Waals surface area contributed by atoms with E-state index in [1.165, 1.54) is 18.4 Å². The molecule has 90 valence electrons. The van der Waals surface area contributed by atoms with Crippen LogP contribution in [0, 0.1) is 19.8 Å². The van der Waals surface area contributed by atoms with E-state index in [0.717, 1.165) is 23.9 Å². The SMILES string of the molecule is Cc1noc(C)c1C(C)CNC(C)C1CC1. The average Bonchev–Trinajstić information content (AvgIpc) is 3.02. The molecule has 1 heterocycles. The van der Waals surface area contributed by atoms with Crippen LogP contribution in [0.25, 0.3) is 0 Å². The zero-order chi connectivity index (χ0) is 11.7. The molecule has 2 rings (SSSR count). The van der Waals surface area contributed by atoms with Gasteiger partial charge < -0.3 is 9.84 Å². The molecule has 2 atom stereocenters. The third kappa shape index (κ3) is 2.46. The Bertz CT molecular complexity index is 335. The summed E-state index contributed by atoms with van der Waals surface area (Å²) in [5, 5.41) is 7.63. The first kappa shape index (κ1) is 11.6. The van der Waals surface area contributed by atoms with E-state index in [1.54, 1.807) is 0 Å². The van der Waals surface area contributed by atoms with Gasteiger partial charge in [-0.3, -0.25) is 0 Å². The molecule has 0 aromatic carbocycles. The molecule has 16 heavy (non-hydrogen) atoms. The van der Waals surface area contributed by atoms with E-state index in [2.05, 4.69) is 24.3 Å². The summed E-state index contributed by atoms with van der Waals surface area (Å²) < 4.78 is 5.21. The summed E-state index contributed by atoms with van der Waals surface area (Å²) in [7, 11) is 0. The lowest BCUT2D eigenvalue weighted by Gasteiger charge is -2.17. The summed E-state index contributed by atoms with van der Waals surface area (Å²) in [5.41, 5.74) is 2.31. The van der Waals surface area contributed by atoms with Crippen molar-refractivity contribution in [2.45, 2.75) is 52.5 Å². The minimum atomic E-state index is 0.479. The van der Waals surface area contributed by atoms with E-state index in [-0.39, 0.29) is 0 Å². The number of aromatic nitrogens is 1. The lowest BCUT2D eigenvalue weighted by Crippen LogP contribution is -2.31. The summed E-state index contributed by atoms with van der Waals surface area (Å²) in [6, 6.07) is 0.655. The van der Waals surface area contributed by atoms with Crippen LogP contribution in [-0.4, -0.2) is 17.7 Å². The average molecular weight is 222 g/mol. The molecule has 1 aromatic rings. The predicted octanol–water partition coefficient (Wildman–Crippen LogP) is 2.78. The van der Waals surface area contributed by atoms with Crippen molar-refractivity contribution in [3.63, 3.8) is 0 Å². The van der Waals surface area contributed by atoms with Gasteiger partial charge in [-0.05, 0) is 45.4 Å². The summed E-state index contributed by atoms with van der Waals surface area (Å²) in [6.07, 6.45) is 2.79. The third-order valence-electron chi connectivity index (χ3n) is 3.66. The van der Waals surface area contributed by atoms with Crippen LogP contribution in [0.2, 0.25) is 0 Å². The topological polar surface area (TPSA) is 38.1 Å². The quantitative estimate of drug-likeness (QED) is 0.832. The van der Waals surface area contributed by atoms with Crippen LogP contribution in [0.1, 0.15) is 49.6 Å². The molecule has 1 N–H and O–H groups in total. The highest BCUT2D eigenvalue weighted by Gasteiger charge is 2.28. The van der Waals surface area contributed by atoms with E-state index >= 15 is 0 Å². The Kier molecular flexibility index (Phi) is 3.33. The van der Waals surface area contributed by atoms with Crippen LogP contribution in [0.5, 0.6) is 0 Å². The first-order valence-corrected chi connectivity index (χ1v) is 6.25. The molecule has 0 saturated heterocycles. The number of rotatable bonds is 5. The Labute approximate surface area is 97.6 Å². The van der Waals surface area contributed by atoms with E-state index < -0.39 is 0 Å². The molecule has 0 amide bonds. The van der Waals surface area contributed by atoms with Crippen molar-refractivity contribution in [2.24, 2.45) is 5.92 Å². The third-order valence-corrected chi connectivity index (χ3v) is 3.66. The van der Waals surface area contributed by atoms with Crippen LogP contribution >= 0.6 is 0 Å². The first-order valence-electron chi connectivity index (χ1n) is 6.25. The van der Waals surface area contributed by atoms with Gasteiger partial charge >= 0.3 is 0 Å². The maximum absolute atomic E-state index is 5.21. The monoisotopic (exact) mass is 222 g/mol. The fraction of sp³-hybridized carbons (Fsp3) is 0.769. The van der Waals surface area contributed by atoms with E-state index in [4.69, 9.17) is 4.52 Å². The van der Waals surface area contributed by atoms with Gasteiger partial charge in [-0.25, -0.2) is 0 Å². The lowest BCUT2D eigenvalue weighted by atomic mass is 9.99. The molecule has 0 spiro atoms. The molecule has 1 aromatic heterocycles. The lowest BCUT2D eigenvalue weighted by molar-refractivity contribution is 0.390. The van der Waals surface area contributed by atoms with Crippen LogP contribution in [0.15, 0.2) is 4.52 Å². The molecule has 1 aliphatic rings. The van der Waals surface area contributed by atoms with Gasteiger partial charge in [0, 0.05) is 18.2 Å². The summed E-state index contributed by atoms with van der Waals surface area (Å²) in [5.74, 6) is 2.36. The second-order valence-electron chi connectivity index (χ2n) is 5.17. The van der Waals surface area contributed by atoms with Gasteiger partial charge in [0.2, 0.25) is 0 Å². The highest BCUT2D eigenvalue weighted by Crippen LogP contribution is 2.32. The highest BCUT2D eigenvalue weighted by atomic mass is 16.5. The van der Waals surface area contributed by atoms with Crippen LogP contribution in [0.4, 0.5) is 0 Å². The van der Waals surface area contributed by atoms with Crippen molar-refractivity contribution in [1.82, 2.24) is 10.5 Å². The van der Waals surface area contributed by atoms with Gasteiger partial charge in [-0.1, -0.05) is 12.1 Å². The molecule has 1 aliphatic carbocycles. The number of hydrogen-bond acceptors (Lipinski definition) is 3.